The van der Waals surface area contributed by atoms with E-state index in [0.717, 1.165) is 4.90 Å². The summed E-state index contributed by atoms with van der Waals surface area (Å²) in [5.41, 5.74) is -34.9. The van der Waals surface area contributed by atoms with Crippen LogP contribution in [0, 0.1) is 175 Å². The molecule has 0 aliphatic carbocycles. The number of nitrogens with one attached hydrogen (secondary N) is 1. The van der Waals surface area contributed by atoms with Gasteiger partial charge in [-0.25, -0.2) is 142 Å². The van der Waals surface area contributed by atoms with E-state index in [4.69, 9.17) is 0 Å². The van der Waals surface area contributed by atoms with Crippen molar-refractivity contribution in [2.24, 2.45) is 4.99 Å². The monoisotopic (exact) mass is 1580 g/mol. The molecule has 10 aromatic rings. The van der Waals surface area contributed by atoms with Gasteiger partial charge < -0.3 is 18.5 Å². The Labute approximate surface area is 594 Å². The number of aromatic nitrogens is 5. The summed E-state index contributed by atoms with van der Waals surface area (Å²) in [6.07, 6.45) is -1.68. The molecule has 0 saturated carbocycles. The van der Waals surface area contributed by atoms with Crippen LogP contribution in [0.4, 0.5) is 132 Å². The normalized spacial score (nSPS) is 15.3. The van der Waals surface area contributed by atoms with E-state index in [1.165, 1.54) is 13.8 Å². The lowest BCUT2D eigenvalue weighted by molar-refractivity contribution is 0.110. The molecule has 566 valence electrons. The van der Waals surface area contributed by atoms with Crippen molar-refractivity contribution in [1.82, 2.24) is 28.4 Å². The highest BCUT2D eigenvalue weighted by Crippen LogP contribution is 2.52. The van der Waals surface area contributed by atoms with E-state index >= 15 is 132 Å². The summed E-state index contributed by atoms with van der Waals surface area (Å²) in [5, 5.41) is -4.79. The highest BCUT2D eigenvalue weighted by molar-refractivity contribution is 6.30. The number of benzene rings is 6. The van der Waals surface area contributed by atoms with Crippen molar-refractivity contribution in [2.45, 2.75) is 26.1 Å². The van der Waals surface area contributed by atoms with E-state index in [1.54, 1.807) is 0 Å². The van der Waals surface area contributed by atoms with Gasteiger partial charge in [-0.2, -0.15) is 0 Å². The predicted molar refractivity (Wildman–Crippen MR) is 326 cm³/mol. The first-order valence-electron chi connectivity index (χ1n) is 31.5. The number of halogens is 30. The van der Waals surface area contributed by atoms with Crippen LogP contribution >= 0.6 is 0 Å². The van der Waals surface area contributed by atoms with Crippen LogP contribution in [0.3, 0.4) is 0 Å². The number of aromatic amines is 1. The average molecular weight is 1580 g/mol. The number of H-pyrrole nitrogens is 1. The Kier molecular flexibility index (Phi) is 16.6. The zero-order valence-corrected chi connectivity index (χ0v) is 54.0. The molecule has 7 nitrogen and oxygen atoms in total. The molecule has 6 aliphatic heterocycles. The molecule has 6 aliphatic rings. The van der Waals surface area contributed by atoms with Crippen molar-refractivity contribution in [3.8, 4) is 22.4 Å². The molecular weight excluding hydrogens is 1560 g/mol. The van der Waals surface area contributed by atoms with Crippen molar-refractivity contribution in [3.05, 3.63) is 331 Å². The minimum absolute atomic E-state index is 0.408. The Hall–Kier alpha value is -12.2. The van der Waals surface area contributed by atoms with Crippen LogP contribution < -0.4 is 21.4 Å². The van der Waals surface area contributed by atoms with Gasteiger partial charge in [-0.05, 0) is 85.9 Å². The van der Waals surface area contributed by atoms with Gasteiger partial charge in [-0.1, -0.05) is 13.8 Å². The first kappa shape index (κ1) is 73.0. The number of fused-ring (bicyclic) bond motifs is 4. The minimum atomic E-state index is -2.95. The number of allylic oxidation sites excluding steroid dienone is 2. The maximum absolute atomic E-state index is 17.5. The molecule has 0 saturated heterocycles. The molecule has 0 amide bonds. The highest BCUT2D eigenvalue weighted by atomic mass is 19.2. The van der Waals surface area contributed by atoms with Gasteiger partial charge in [0.15, 0.2) is 140 Å². The summed E-state index contributed by atoms with van der Waals surface area (Å²) in [4.78, 5) is 11.7. The lowest BCUT2D eigenvalue weighted by Crippen LogP contribution is -2.44. The largest absolute Gasteiger partial charge is 0.354 e. The Morgan fingerprint density at radius 2 is 0.676 bits per heavy atom. The number of aliphatic imine (C=N–C) groups is 1. The maximum Gasteiger partial charge on any atom is 0.200 e. The van der Waals surface area contributed by atoms with Gasteiger partial charge in [-0.15, -0.1) is 0 Å². The summed E-state index contributed by atoms with van der Waals surface area (Å²) < 4.78 is 496. The lowest BCUT2D eigenvalue weighted by Gasteiger charge is -2.39. The number of rotatable bonds is 9. The molecule has 10 heterocycles. The summed E-state index contributed by atoms with van der Waals surface area (Å²) >= 11 is 0. The third-order valence-corrected chi connectivity index (χ3v) is 19.6. The van der Waals surface area contributed by atoms with E-state index in [0.29, 0.717) is 86.4 Å². The number of nitrogens with zero attached hydrogens (tertiary/aromatic N) is 6. The van der Waals surface area contributed by atoms with Crippen molar-refractivity contribution in [2.75, 3.05) is 13.1 Å². The first-order chi connectivity index (χ1) is 52.5. The van der Waals surface area contributed by atoms with Crippen LogP contribution in [-0.2, 0) is 0 Å². The van der Waals surface area contributed by atoms with E-state index < -0.39 is 345 Å². The van der Waals surface area contributed by atoms with Gasteiger partial charge in [-0.3, -0.25) is 4.90 Å². The summed E-state index contributed by atoms with van der Waals surface area (Å²) in [7, 11) is 0. The second kappa shape index (κ2) is 25.2. The van der Waals surface area contributed by atoms with E-state index in [9.17, 15) is 0 Å². The number of likely N-dealkylation sites (N-methyl/N-ethyl adjacent to an activating group) is 1. The van der Waals surface area contributed by atoms with Gasteiger partial charge in [0.1, 0.15) is 12.2 Å². The molecule has 6 aromatic carbocycles. The molecule has 111 heavy (non-hydrogen) atoms. The zero-order chi connectivity index (χ0) is 79.8. The van der Waals surface area contributed by atoms with E-state index in [2.05, 4.69) is 15.0 Å². The summed E-state index contributed by atoms with van der Waals surface area (Å²) in [6, 6.07) is 2.58. The number of hydrogen-bond acceptors (Lipinski definition) is 3. The fourth-order valence-corrected chi connectivity index (χ4v) is 14.8. The predicted octanol–water partition coefficient (Wildman–Crippen LogP) is 16.7. The second-order valence-electron chi connectivity index (χ2n) is 24.9. The molecule has 0 fully saturated rings. The van der Waals surface area contributed by atoms with Crippen LogP contribution in [-0.4, -0.2) is 47.2 Å². The van der Waals surface area contributed by atoms with Gasteiger partial charge in [0.05, 0.1) is 95.2 Å². The Morgan fingerprint density at radius 3 is 1.09 bits per heavy atom. The standard InChI is InChI=1S/C74H25F30N7/c1-3-108(4-2)74-73-29-16-17-15-22-31(37-44(77)56(89)67(100)57(90)45(37)78)20-6-5-18(105-20)30(36-42(75)54(87)66(99)55(88)43(36)76)19-7-8-21(106-19)32(38-46(79)58(91)68(101)59(92)47(38)80)23-9-13-27(111(23)74)34(40-50(83)62(95)70(103)63(96)51(40)84)26-12-11-25(110(26)73)33(39-48(81)60(93)69(102)61(94)49(39)82)24-10-14-28(109(24)29)35(72(17)107-22)41-52(85)64(97)71(104)65(98)53(41)86/h5-16,73-74,105H,3-4H2,1-2H3/t73-,74-/m1/s1. The van der Waals surface area contributed by atoms with Crippen molar-refractivity contribution in [1.29, 1.82) is 0 Å². The summed E-state index contributed by atoms with van der Waals surface area (Å²) in [5.74, 6) is -86.3. The average Bonchev–Trinajstić information content (AvgIpc) is 1.52. The molecule has 2 atom stereocenters. The van der Waals surface area contributed by atoms with E-state index in [-0.39, 0.29) is 0 Å². The molecule has 37 heteroatoms. The number of hydrogen-bond donors (Lipinski definition) is 1. The molecule has 0 unspecified atom stereocenters. The Balaban J connectivity index is 1.27. The quantitative estimate of drug-likeness (QED) is 0.0889. The fourth-order valence-electron chi connectivity index (χ4n) is 14.8. The molecule has 9 bridgehead atoms. The molecule has 0 radical (unpaired) electrons. The van der Waals surface area contributed by atoms with Crippen LogP contribution in [0.15, 0.2) is 83.5 Å². The van der Waals surface area contributed by atoms with Crippen LogP contribution in [0.2, 0.25) is 0 Å². The van der Waals surface area contributed by atoms with Crippen molar-refractivity contribution < 1.29 is 132 Å². The van der Waals surface area contributed by atoms with Gasteiger partial charge >= 0.3 is 0 Å². The molecule has 1 N–H and O–H groups in total. The smallest absolute Gasteiger partial charge is 0.200 e. The van der Waals surface area contributed by atoms with Crippen LogP contribution in [0.1, 0.15) is 82.3 Å². The van der Waals surface area contributed by atoms with Gasteiger partial charge in [0, 0.05) is 49.7 Å². The Morgan fingerprint density at radius 1 is 0.333 bits per heavy atom. The second-order valence-corrected chi connectivity index (χ2v) is 24.9. The van der Waals surface area contributed by atoms with Gasteiger partial charge in [0.25, 0.3) is 0 Å². The molecule has 4 aromatic heterocycles. The third-order valence-electron chi connectivity index (χ3n) is 19.6. The topological polar surface area (TPSA) is 58.6 Å². The zero-order valence-electron chi connectivity index (χ0n) is 54.0. The third kappa shape index (κ3) is 9.67. The maximum atomic E-state index is 17.5. The molecule has 16 rings (SSSR count). The first-order valence-corrected chi connectivity index (χ1v) is 31.5. The summed E-state index contributed by atoms with van der Waals surface area (Å²) in [6.45, 7) is 1.10. The molecular formula is C74H25F30N7. The highest BCUT2D eigenvalue weighted by Gasteiger charge is 2.47. The minimum Gasteiger partial charge on any atom is -0.354 e. The van der Waals surface area contributed by atoms with E-state index in [1.807, 2.05) is 0 Å². The fraction of sp³-hybridized carbons (Fsp3) is 0.0811. The van der Waals surface area contributed by atoms with Crippen molar-refractivity contribution >= 4 is 39.1 Å². The Bertz CT molecular complexity index is 6530. The lowest BCUT2D eigenvalue weighted by atomic mass is 9.97. The van der Waals surface area contributed by atoms with Crippen molar-refractivity contribution in [3.63, 3.8) is 0 Å². The SMILES string of the molecule is CCN(CC)[C@H]1[C@H]2c3cc4cc5nc-4c(-c4c(F)c(F)c(F)c(F)c4F)c4ccc(n34)C(c3c(F)c(F)c(F)c(F)c3F)=c3ccc(n32)=C(c2c(F)c(F)c(F)c(F)c2F)c2ccc(n21)C(c1c(F)c(F)c(F)c(F)c1F)=C1C=CC(=N1)C(c1c(F)c(F)c(F)c(F)c1F)=c1ccc([nH]1)=C5c1c(F)c(F)c(F)c(F)c1F. The van der Waals surface area contributed by atoms with Crippen LogP contribution in [0.5, 0.6) is 0 Å². The molecule has 0 spiro atoms. The van der Waals surface area contributed by atoms with Crippen LogP contribution in [0.25, 0.3) is 55.8 Å². The van der Waals surface area contributed by atoms with Gasteiger partial charge in [0.2, 0.25) is 34.9 Å².